The van der Waals surface area contributed by atoms with Gasteiger partial charge in [0.25, 0.3) is 0 Å². The van der Waals surface area contributed by atoms with Crippen molar-refractivity contribution in [1.82, 2.24) is 14.8 Å². The van der Waals surface area contributed by atoms with Gasteiger partial charge < -0.3 is 15.4 Å². The third kappa shape index (κ3) is 3.61. The van der Waals surface area contributed by atoms with E-state index in [0.717, 1.165) is 35.6 Å². The minimum absolute atomic E-state index is 0.172. The number of anilines is 2. The molecule has 0 amide bonds. The molecule has 0 saturated carbocycles. The zero-order valence-corrected chi connectivity index (χ0v) is 16.1. The van der Waals surface area contributed by atoms with Crippen molar-refractivity contribution in [3.63, 3.8) is 0 Å². The van der Waals surface area contributed by atoms with Crippen LogP contribution in [0, 0.1) is 5.41 Å². The van der Waals surface area contributed by atoms with E-state index in [-0.39, 0.29) is 6.10 Å². The van der Waals surface area contributed by atoms with Gasteiger partial charge in [0, 0.05) is 54.9 Å². The van der Waals surface area contributed by atoms with Gasteiger partial charge in [0.15, 0.2) is 0 Å². The summed E-state index contributed by atoms with van der Waals surface area (Å²) in [6.45, 7) is 4.34. The molecule has 1 unspecified atom stereocenters. The molecule has 7 heteroatoms. The van der Waals surface area contributed by atoms with Gasteiger partial charge in [0.1, 0.15) is 5.82 Å². The second kappa shape index (κ2) is 7.44. The van der Waals surface area contributed by atoms with E-state index in [1.54, 1.807) is 10.9 Å². The number of pyridine rings is 1. The van der Waals surface area contributed by atoms with E-state index in [9.17, 15) is 0 Å². The van der Waals surface area contributed by atoms with Crippen LogP contribution >= 0.6 is 0 Å². The Morgan fingerprint density at radius 2 is 2.11 bits per heavy atom. The van der Waals surface area contributed by atoms with E-state index in [2.05, 4.69) is 21.9 Å². The van der Waals surface area contributed by atoms with Crippen LogP contribution in [0.1, 0.15) is 18.1 Å². The molecule has 28 heavy (non-hydrogen) atoms. The fraction of sp³-hybridized carbons (Fsp3) is 0.286. The number of hydrogen-bond acceptors (Lipinski definition) is 6. The van der Waals surface area contributed by atoms with Gasteiger partial charge in [-0.15, -0.1) is 0 Å². The summed E-state index contributed by atoms with van der Waals surface area (Å²) in [5.74, 6) is 0.861. The maximum absolute atomic E-state index is 8.75. The average Bonchev–Trinajstić information content (AvgIpc) is 3.14. The van der Waals surface area contributed by atoms with Crippen molar-refractivity contribution in [3.05, 3.63) is 60.0 Å². The lowest BCUT2D eigenvalue weighted by Crippen LogP contribution is -2.41. The van der Waals surface area contributed by atoms with Gasteiger partial charge in [-0.05, 0) is 36.8 Å². The second-order valence-electron chi connectivity index (χ2n) is 7.11. The molecule has 0 bridgehead atoms. The highest BCUT2D eigenvalue weighted by Gasteiger charge is 2.19. The molecule has 2 aromatic heterocycles. The van der Waals surface area contributed by atoms with E-state index >= 15 is 0 Å². The van der Waals surface area contributed by atoms with E-state index < -0.39 is 0 Å². The Kier molecular flexibility index (Phi) is 4.83. The number of benzene rings is 1. The molecular weight excluding hydrogens is 352 g/mol. The van der Waals surface area contributed by atoms with Crippen LogP contribution in [0.3, 0.4) is 0 Å². The van der Waals surface area contributed by atoms with Crippen LogP contribution in [-0.4, -0.2) is 46.3 Å². The number of ether oxygens (including phenoxy) is 1. The van der Waals surface area contributed by atoms with E-state index in [0.29, 0.717) is 23.6 Å². The van der Waals surface area contributed by atoms with Crippen molar-refractivity contribution >= 4 is 17.2 Å². The smallest absolute Gasteiger partial charge is 0.129 e. The normalized spacial score (nSPS) is 16.9. The van der Waals surface area contributed by atoms with Crippen molar-refractivity contribution < 1.29 is 4.74 Å². The number of nitrogen functional groups attached to an aromatic ring is 1. The van der Waals surface area contributed by atoms with Gasteiger partial charge in [0.05, 0.1) is 24.6 Å². The molecule has 1 aliphatic heterocycles. The standard InChI is InChI=1S/C21H24N6O/c1-14-12-27(7-8-28-14)20-10-16(5-6-24-20)21(23)18-9-15(3-4-19(18)22)17-11-25-26(2)13-17/h3-6,9-11,13-14,23H,7-8,12,22H2,1-2H3. The topological polar surface area (TPSA) is 93.1 Å². The predicted octanol–water partition coefficient (Wildman–Crippen LogP) is 2.71. The Hall–Kier alpha value is -3.19. The van der Waals surface area contributed by atoms with Gasteiger partial charge in [-0.3, -0.25) is 10.1 Å². The molecule has 1 aliphatic rings. The number of rotatable bonds is 4. The van der Waals surface area contributed by atoms with Crippen LogP contribution in [0.2, 0.25) is 0 Å². The van der Waals surface area contributed by atoms with Crippen LogP contribution in [0.5, 0.6) is 0 Å². The summed E-state index contributed by atoms with van der Waals surface area (Å²) in [4.78, 5) is 6.69. The van der Waals surface area contributed by atoms with E-state index in [1.165, 1.54) is 0 Å². The molecule has 4 rings (SSSR count). The molecule has 144 valence electrons. The van der Waals surface area contributed by atoms with Gasteiger partial charge in [-0.1, -0.05) is 6.07 Å². The number of aryl methyl sites for hydroxylation is 1. The van der Waals surface area contributed by atoms with Crippen molar-refractivity contribution in [3.8, 4) is 11.1 Å². The largest absolute Gasteiger partial charge is 0.398 e. The number of hydrogen-bond donors (Lipinski definition) is 2. The van der Waals surface area contributed by atoms with E-state index in [1.807, 2.05) is 49.8 Å². The second-order valence-corrected chi connectivity index (χ2v) is 7.11. The van der Waals surface area contributed by atoms with Crippen molar-refractivity contribution in [2.24, 2.45) is 7.05 Å². The highest BCUT2D eigenvalue weighted by atomic mass is 16.5. The Bertz CT molecular complexity index is 1010. The maximum atomic E-state index is 8.75. The van der Waals surface area contributed by atoms with Crippen molar-refractivity contribution in [2.75, 3.05) is 30.3 Å². The zero-order chi connectivity index (χ0) is 19.7. The summed E-state index contributed by atoms with van der Waals surface area (Å²) in [6, 6.07) is 9.56. The molecule has 1 atom stereocenters. The molecule has 0 spiro atoms. The van der Waals surface area contributed by atoms with Crippen LogP contribution in [0.25, 0.3) is 11.1 Å². The molecular formula is C21H24N6O. The summed E-state index contributed by atoms with van der Waals surface area (Å²) in [7, 11) is 1.88. The highest BCUT2D eigenvalue weighted by Crippen LogP contribution is 2.26. The van der Waals surface area contributed by atoms with Gasteiger partial charge in [0.2, 0.25) is 0 Å². The SMILES string of the molecule is CC1CN(c2cc(C(=N)c3cc(-c4cnn(C)c4)ccc3N)ccn2)CCO1. The van der Waals surface area contributed by atoms with E-state index in [4.69, 9.17) is 15.9 Å². The summed E-state index contributed by atoms with van der Waals surface area (Å²) >= 11 is 0. The lowest BCUT2D eigenvalue weighted by molar-refractivity contribution is 0.0529. The van der Waals surface area contributed by atoms with Gasteiger partial charge in [-0.2, -0.15) is 5.10 Å². The summed E-state index contributed by atoms with van der Waals surface area (Å²) in [6.07, 6.45) is 5.68. The summed E-state index contributed by atoms with van der Waals surface area (Å²) in [5.41, 5.74) is 10.6. The third-order valence-corrected chi connectivity index (χ3v) is 4.96. The molecule has 0 aliphatic carbocycles. The van der Waals surface area contributed by atoms with Crippen molar-refractivity contribution in [1.29, 1.82) is 5.41 Å². The number of nitrogens with one attached hydrogen (secondary N) is 1. The minimum Gasteiger partial charge on any atom is -0.398 e. The molecule has 1 fully saturated rings. The number of morpholine rings is 1. The molecule has 3 aromatic rings. The first-order valence-corrected chi connectivity index (χ1v) is 9.31. The van der Waals surface area contributed by atoms with Crippen LogP contribution < -0.4 is 10.6 Å². The fourth-order valence-electron chi connectivity index (χ4n) is 3.45. The number of nitrogens with zero attached hydrogens (tertiary/aromatic N) is 4. The first-order valence-electron chi connectivity index (χ1n) is 9.31. The fourth-order valence-corrected chi connectivity index (χ4v) is 3.45. The first-order chi connectivity index (χ1) is 13.5. The quantitative estimate of drug-likeness (QED) is 0.539. The van der Waals surface area contributed by atoms with Gasteiger partial charge in [-0.25, -0.2) is 4.98 Å². The molecule has 1 aromatic carbocycles. The molecule has 3 N–H and O–H groups in total. The van der Waals surface area contributed by atoms with Crippen LogP contribution in [0.4, 0.5) is 11.5 Å². The molecule has 1 saturated heterocycles. The lowest BCUT2D eigenvalue weighted by Gasteiger charge is -2.32. The lowest BCUT2D eigenvalue weighted by atomic mass is 9.97. The first kappa shape index (κ1) is 18.2. The Morgan fingerprint density at radius 3 is 2.86 bits per heavy atom. The minimum atomic E-state index is 0.172. The van der Waals surface area contributed by atoms with Crippen LogP contribution in [0.15, 0.2) is 48.9 Å². The predicted molar refractivity (Wildman–Crippen MR) is 111 cm³/mol. The Balaban J connectivity index is 1.65. The van der Waals surface area contributed by atoms with Crippen molar-refractivity contribution in [2.45, 2.75) is 13.0 Å². The van der Waals surface area contributed by atoms with Crippen LogP contribution in [-0.2, 0) is 11.8 Å². The summed E-state index contributed by atoms with van der Waals surface area (Å²) in [5, 5.41) is 13.0. The molecule has 7 nitrogen and oxygen atoms in total. The van der Waals surface area contributed by atoms with Gasteiger partial charge >= 0.3 is 0 Å². The Labute approximate surface area is 164 Å². The summed E-state index contributed by atoms with van der Waals surface area (Å²) < 4.78 is 7.37. The molecule has 0 radical (unpaired) electrons. The third-order valence-electron chi connectivity index (χ3n) is 4.96. The zero-order valence-electron chi connectivity index (χ0n) is 16.1. The Morgan fingerprint density at radius 1 is 1.25 bits per heavy atom. The molecule has 3 heterocycles. The number of aromatic nitrogens is 3. The maximum Gasteiger partial charge on any atom is 0.129 e. The monoisotopic (exact) mass is 376 g/mol. The number of nitrogens with two attached hydrogens (primary N) is 1. The average molecular weight is 376 g/mol. The highest BCUT2D eigenvalue weighted by molar-refractivity contribution is 6.14.